The van der Waals surface area contributed by atoms with Crippen molar-refractivity contribution < 1.29 is 17.6 Å². The fourth-order valence-electron chi connectivity index (χ4n) is 5.08. The molecule has 3 aliphatic rings. The van der Waals surface area contributed by atoms with Gasteiger partial charge in [0, 0.05) is 59.8 Å². The predicted molar refractivity (Wildman–Crippen MR) is 147 cm³/mol. The Morgan fingerprint density at radius 3 is 2.74 bits per heavy atom. The van der Waals surface area contributed by atoms with Crippen LogP contribution in [0.5, 0.6) is 0 Å². The SMILES string of the molecule is CCNC(=O)C1=C2C[C@H](NS(=O)(=O)C3CC3)CN2C(CCCCc2nccs2)=N[C@H]1c1ccc(F)cc1Cl. The van der Waals surface area contributed by atoms with Gasteiger partial charge in [-0.15, -0.1) is 11.3 Å². The smallest absolute Gasteiger partial charge is 0.251 e. The minimum atomic E-state index is -3.41. The van der Waals surface area contributed by atoms with Crippen LogP contribution >= 0.6 is 22.9 Å². The summed E-state index contributed by atoms with van der Waals surface area (Å²) in [5.74, 6) is 0.0334. The number of likely N-dealkylation sites (N-methyl/N-ethyl adjacent to an activating group) is 1. The Hall–Kier alpha value is -2.34. The molecule has 1 amide bonds. The number of benzene rings is 1. The first-order valence-electron chi connectivity index (χ1n) is 13.0. The lowest BCUT2D eigenvalue weighted by molar-refractivity contribution is -0.117. The van der Waals surface area contributed by atoms with Gasteiger partial charge < -0.3 is 10.2 Å². The maximum Gasteiger partial charge on any atom is 0.251 e. The van der Waals surface area contributed by atoms with E-state index in [9.17, 15) is 17.6 Å². The van der Waals surface area contributed by atoms with Gasteiger partial charge in [-0.3, -0.25) is 9.79 Å². The molecular weight excluding hydrogens is 549 g/mol. The first-order chi connectivity index (χ1) is 18.3. The summed E-state index contributed by atoms with van der Waals surface area (Å²) in [5.41, 5.74) is 1.72. The lowest BCUT2D eigenvalue weighted by atomic mass is 9.93. The third-order valence-corrected chi connectivity index (χ3v) is 10.2. The number of halogens is 2. The molecule has 1 aliphatic carbocycles. The monoisotopic (exact) mass is 579 g/mol. The summed E-state index contributed by atoms with van der Waals surface area (Å²) >= 11 is 8.10. The second-order valence-electron chi connectivity index (χ2n) is 9.84. The second-order valence-corrected chi connectivity index (χ2v) is 13.2. The summed E-state index contributed by atoms with van der Waals surface area (Å²) in [6, 6.07) is 3.03. The number of hydrogen-bond donors (Lipinski definition) is 2. The van der Waals surface area contributed by atoms with Gasteiger partial charge in [0.25, 0.3) is 5.91 Å². The van der Waals surface area contributed by atoms with E-state index >= 15 is 0 Å². The standard InChI is InChI=1S/C26H31ClFN5O3S2/c1-2-29-26(34)24-21-14-17(32-38(35,36)18-8-9-18)15-33(21)22(5-3-4-6-23-30-11-12-37-23)31-25(24)19-10-7-16(28)13-20(19)27/h7,10-13,17-18,25,32H,2-6,8-9,14-15H2,1H3,(H,29,34)/t17-,25-/m0/s1. The molecule has 38 heavy (non-hydrogen) atoms. The van der Waals surface area contributed by atoms with Gasteiger partial charge in [-0.05, 0) is 51.2 Å². The number of nitrogens with zero attached hydrogens (tertiary/aromatic N) is 3. The summed E-state index contributed by atoms with van der Waals surface area (Å²) in [4.78, 5) is 24.7. The van der Waals surface area contributed by atoms with Gasteiger partial charge in [-0.1, -0.05) is 17.7 Å². The van der Waals surface area contributed by atoms with Crippen molar-refractivity contribution in [1.82, 2.24) is 19.9 Å². The topological polar surface area (TPSA) is 104 Å². The average Bonchev–Trinajstić information content (AvgIpc) is 3.47. The summed E-state index contributed by atoms with van der Waals surface area (Å²) in [6.07, 6.45) is 6.80. The quantitative estimate of drug-likeness (QED) is 0.385. The van der Waals surface area contributed by atoms with E-state index in [2.05, 4.69) is 15.0 Å². The van der Waals surface area contributed by atoms with Crippen LogP contribution in [-0.2, 0) is 21.2 Å². The number of aromatic nitrogens is 1. The van der Waals surface area contributed by atoms with E-state index in [1.54, 1.807) is 23.6 Å². The molecule has 2 aliphatic heterocycles. The molecule has 0 bridgehead atoms. The number of aliphatic imine (C=N–C) groups is 1. The molecule has 1 aromatic carbocycles. The minimum absolute atomic E-state index is 0.196. The average molecular weight is 580 g/mol. The Balaban J connectivity index is 1.47. The van der Waals surface area contributed by atoms with Crippen molar-refractivity contribution in [2.45, 2.75) is 69.2 Å². The number of amides is 1. The largest absolute Gasteiger partial charge is 0.352 e. The zero-order valence-corrected chi connectivity index (χ0v) is 23.5. The fraction of sp³-hybridized carbons (Fsp3) is 0.500. The van der Waals surface area contributed by atoms with Crippen molar-refractivity contribution in [1.29, 1.82) is 0 Å². The number of sulfonamides is 1. The molecule has 1 aromatic heterocycles. The van der Waals surface area contributed by atoms with Gasteiger partial charge in [0.2, 0.25) is 10.0 Å². The van der Waals surface area contributed by atoms with Gasteiger partial charge in [-0.2, -0.15) is 0 Å². The highest BCUT2D eigenvalue weighted by atomic mass is 35.5. The maximum absolute atomic E-state index is 13.9. The molecular formula is C26H31ClFN5O3S2. The van der Waals surface area contributed by atoms with Crippen molar-refractivity contribution in [2.24, 2.45) is 4.99 Å². The third kappa shape index (κ3) is 5.95. The predicted octanol–water partition coefficient (Wildman–Crippen LogP) is 4.35. The molecule has 2 atom stereocenters. The van der Waals surface area contributed by atoms with Crippen LogP contribution in [0.15, 0.2) is 46.0 Å². The normalized spacial score (nSPS) is 21.4. The fourth-order valence-corrected chi connectivity index (χ4v) is 7.58. The van der Waals surface area contributed by atoms with Gasteiger partial charge in [0.1, 0.15) is 17.7 Å². The molecule has 1 saturated carbocycles. The van der Waals surface area contributed by atoms with E-state index in [0.717, 1.165) is 35.8 Å². The van der Waals surface area contributed by atoms with E-state index in [0.29, 0.717) is 49.9 Å². The summed E-state index contributed by atoms with van der Waals surface area (Å²) in [6.45, 7) is 2.66. The number of nitrogens with one attached hydrogen (secondary N) is 2. The van der Waals surface area contributed by atoms with Crippen LogP contribution in [0.4, 0.5) is 4.39 Å². The number of unbranched alkanes of at least 4 members (excludes halogenated alkanes) is 1. The number of rotatable bonds is 11. The van der Waals surface area contributed by atoms with Crippen LogP contribution in [0.1, 0.15) is 62.1 Å². The number of carbonyl (C=O) groups excluding carboxylic acids is 1. The highest BCUT2D eigenvalue weighted by Gasteiger charge is 2.43. The maximum atomic E-state index is 13.9. The van der Waals surface area contributed by atoms with Crippen LogP contribution in [0.3, 0.4) is 0 Å². The number of thiazole rings is 1. The molecule has 12 heteroatoms. The summed E-state index contributed by atoms with van der Waals surface area (Å²) < 4.78 is 42.2. The zero-order valence-electron chi connectivity index (χ0n) is 21.1. The van der Waals surface area contributed by atoms with Crippen LogP contribution in [-0.4, -0.2) is 54.4 Å². The van der Waals surface area contributed by atoms with E-state index in [1.807, 2.05) is 17.2 Å². The Labute approximate surface area is 231 Å². The van der Waals surface area contributed by atoms with Gasteiger partial charge in [-0.25, -0.2) is 22.5 Å². The lowest BCUT2D eigenvalue weighted by Crippen LogP contribution is -2.41. The molecule has 3 heterocycles. The molecule has 8 nitrogen and oxygen atoms in total. The molecule has 0 unspecified atom stereocenters. The number of hydrogen-bond acceptors (Lipinski definition) is 7. The van der Waals surface area contributed by atoms with Gasteiger partial charge in [0.15, 0.2) is 0 Å². The Kier molecular flexibility index (Phi) is 8.18. The van der Waals surface area contributed by atoms with Crippen molar-refractivity contribution in [3.05, 3.63) is 62.5 Å². The minimum Gasteiger partial charge on any atom is -0.352 e. The van der Waals surface area contributed by atoms with Crippen LogP contribution in [0, 0.1) is 5.82 Å². The highest BCUT2D eigenvalue weighted by Crippen LogP contribution is 2.42. The van der Waals surface area contributed by atoms with Crippen molar-refractivity contribution >= 4 is 44.7 Å². The third-order valence-electron chi connectivity index (χ3n) is 7.00. The molecule has 0 spiro atoms. The molecule has 2 N–H and O–H groups in total. The first-order valence-corrected chi connectivity index (χ1v) is 15.8. The molecule has 2 fully saturated rings. The number of amidine groups is 1. The molecule has 5 rings (SSSR count). The Bertz CT molecular complexity index is 1360. The van der Waals surface area contributed by atoms with Gasteiger partial charge in [0.05, 0.1) is 15.8 Å². The first kappa shape index (κ1) is 27.2. The molecule has 2 aromatic rings. The Morgan fingerprint density at radius 1 is 1.26 bits per heavy atom. The van der Waals surface area contributed by atoms with Crippen molar-refractivity contribution in [3.8, 4) is 0 Å². The highest BCUT2D eigenvalue weighted by molar-refractivity contribution is 7.90. The van der Waals surface area contributed by atoms with E-state index in [1.165, 1.54) is 12.1 Å². The summed E-state index contributed by atoms with van der Waals surface area (Å²) in [7, 11) is -3.41. The number of carbonyl (C=O) groups is 1. The number of aryl methyl sites for hydroxylation is 1. The van der Waals surface area contributed by atoms with E-state index in [-0.39, 0.29) is 22.2 Å². The second kappa shape index (κ2) is 11.4. The molecule has 0 radical (unpaired) electrons. The van der Waals surface area contributed by atoms with Gasteiger partial charge >= 0.3 is 0 Å². The van der Waals surface area contributed by atoms with Crippen LogP contribution < -0.4 is 10.0 Å². The van der Waals surface area contributed by atoms with Crippen LogP contribution in [0.25, 0.3) is 0 Å². The lowest BCUT2D eigenvalue weighted by Gasteiger charge is -2.33. The van der Waals surface area contributed by atoms with E-state index < -0.39 is 21.9 Å². The summed E-state index contributed by atoms with van der Waals surface area (Å²) in [5, 5.41) is 5.79. The molecule has 204 valence electrons. The number of fused-ring (bicyclic) bond motifs is 1. The van der Waals surface area contributed by atoms with Crippen LogP contribution in [0.2, 0.25) is 5.02 Å². The zero-order chi connectivity index (χ0) is 26.9. The Morgan fingerprint density at radius 2 is 2.05 bits per heavy atom. The van der Waals surface area contributed by atoms with E-state index in [4.69, 9.17) is 16.6 Å². The van der Waals surface area contributed by atoms with Crippen molar-refractivity contribution in [3.63, 3.8) is 0 Å². The van der Waals surface area contributed by atoms with Crippen molar-refractivity contribution in [2.75, 3.05) is 13.1 Å². The molecule has 1 saturated heterocycles.